The van der Waals surface area contributed by atoms with Crippen LogP contribution in [0.4, 0.5) is 5.82 Å². The molecule has 2 rings (SSSR count). The molecule has 1 fully saturated rings. The van der Waals surface area contributed by atoms with Gasteiger partial charge in [-0.25, -0.2) is 4.98 Å². The summed E-state index contributed by atoms with van der Waals surface area (Å²) < 4.78 is 5.41. The summed E-state index contributed by atoms with van der Waals surface area (Å²) in [6.45, 7) is 3.80. The molecule has 0 aliphatic carbocycles. The van der Waals surface area contributed by atoms with Crippen molar-refractivity contribution in [3.63, 3.8) is 0 Å². The monoisotopic (exact) mass is 253 g/mol. The zero-order chi connectivity index (χ0) is 13.1. The van der Waals surface area contributed by atoms with Gasteiger partial charge in [0.05, 0.1) is 12.7 Å². The molecule has 1 atom stereocenters. The first-order valence-corrected chi connectivity index (χ1v) is 5.73. The first-order valence-electron chi connectivity index (χ1n) is 5.73. The predicted octanol–water partition coefficient (Wildman–Crippen LogP) is -0.378. The smallest absolute Gasteiger partial charge is 0.311 e. The van der Waals surface area contributed by atoms with E-state index in [0.29, 0.717) is 25.5 Å². The molecule has 0 amide bonds. The number of aliphatic carboxylic acids is 1. The van der Waals surface area contributed by atoms with Gasteiger partial charge in [-0.1, -0.05) is 0 Å². The van der Waals surface area contributed by atoms with Gasteiger partial charge in [0, 0.05) is 19.2 Å². The van der Waals surface area contributed by atoms with Gasteiger partial charge in [0.1, 0.15) is 18.1 Å². The number of hydrogen-bond acceptors (Lipinski definition) is 5. The fourth-order valence-electron chi connectivity index (χ4n) is 1.91. The van der Waals surface area contributed by atoms with Crippen molar-refractivity contribution in [3.8, 4) is 0 Å². The molecule has 7 nitrogen and oxygen atoms in total. The van der Waals surface area contributed by atoms with Crippen LogP contribution in [0, 0.1) is 0 Å². The second-order valence-corrected chi connectivity index (χ2v) is 4.25. The summed E-state index contributed by atoms with van der Waals surface area (Å²) in [6, 6.07) is 1.38. The second-order valence-electron chi connectivity index (χ2n) is 4.25. The molecule has 0 aromatic carbocycles. The topological polar surface area (TPSA) is 95.5 Å². The molecule has 1 saturated heterocycles. The van der Waals surface area contributed by atoms with E-state index in [2.05, 4.69) is 9.97 Å². The Bertz CT molecular complexity index is 499. The van der Waals surface area contributed by atoms with Crippen molar-refractivity contribution in [1.82, 2.24) is 9.97 Å². The highest BCUT2D eigenvalue weighted by Gasteiger charge is 2.19. The number of ether oxygens (including phenoxy) is 1. The summed E-state index contributed by atoms with van der Waals surface area (Å²) >= 11 is 0. The van der Waals surface area contributed by atoms with Crippen LogP contribution in [-0.2, 0) is 16.0 Å². The molecule has 2 heterocycles. The Morgan fingerprint density at radius 1 is 1.72 bits per heavy atom. The number of hydrogen-bond donors (Lipinski definition) is 2. The van der Waals surface area contributed by atoms with Crippen LogP contribution in [-0.4, -0.2) is 46.8 Å². The third kappa shape index (κ3) is 3.07. The van der Waals surface area contributed by atoms with Crippen LogP contribution in [0.5, 0.6) is 0 Å². The molecule has 1 aliphatic heterocycles. The van der Waals surface area contributed by atoms with Gasteiger partial charge in [0.2, 0.25) is 0 Å². The van der Waals surface area contributed by atoms with Gasteiger partial charge < -0.3 is 19.7 Å². The number of nitrogens with zero attached hydrogens (tertiary/aromatic N) is 2. The lowest BCUT2D eigenvalue weighted by Crippen LogP contribution is -2.42. The highest BCUT2D eigenvalue weighted by atomic mass is 16.5. The molecule has 0 spiro atoms. The molecule has 1 aromatic rings. The molecule has 1 aliphatic rings. The van der Waals surface area contributed by atoms with Crippen LogP contribution < -0.4 is 10.5 Å². The summed E-state index contributed by atoms with van der Waals surface area (Å²) in [5.41, 5.74) is -0.338. The van der Waals surface area contributed by atoms with Crippen LogP contribution in [0.15, 0.2) is 10.9 Å². The van der Waals surface area contributed by atoms with Crippen molar-refractivity contribution >= 4 is 11.8 Å². The van der Waals surface area contributed by atoms with Gasteiger partial charge in [0.15, 0.2) is 0 Å². The minimum atomic E-state index is -1.02. The molecule has 0 radical (unpaired) electrons. The summed E-state index contributed by atoms with van der Waals surface area (Å²) in [7, 11) is 0. The van der Waals surface area contributed by atoms with Gasteiger partial charge in [-0.05, 0) is 6.92 Å². The normalized spacial score (nSPS) is 19.8. The minimum absolute atomic E-state index is 0.0720. The minimum Gasteiger partial charge on any atom is -0.481 e. The zero-order valence-electron chi connectivity index (χ0n) is 10.0. The van der Waals surface area contributed by atoms with E-state index in [1.54, 1.807) is 0 Å². The fourth-order valence-corrected chi connectivity index (χ4v) is 1.91. The second kappa shape index (κ2) is 5.18. The van der Waals surface area contributed by atoms with E-state index in [4.69, 9.17) is 9.84 Å². The molecule has 98 valence electrons. The maximum atomic E-state index is 11.5. The Hall–Kier alpha value is -1.89. The van der Waals surface area contributed by atoms with Crippen molar-refractivity contribution in [2.75, 3.05) is 24.6 Å². The van der Waals surface area contributed by atoms with Gasteiger partial charge in [-0.15, -0.1) is 0 Å². The molecule has 1 unspecified atom stereocenters. The molecule has 7 heteroatoms. The van der Waals surface area contributed by atoms with Gasteiger partial charge in [0.25, 0.3) is 5.56 Å². The molecular formula is C11H15N3O4. The van der Waals surface area contributed by atoms with Crippen molar-refractivity contribution < 1.29 is 14.6 Å². The molecule has 18 heavy (non-hydrogen) atoms. The lowest BCUT2D eigenvalue weighted by atomic mass is 10.3. The Balaban J connectivity index is 2.24. The summed E-state index contributed by atoms with van der Waals surface area (Å²) in [6.07, 6.45) is -0.217. The number of carboxylic acids is 1. The number of aromatic amines is 1. The molecule has 1 aromatic heterocycles. The lowest BCUT2D eigenvalue weighted by molar-refractivity contribution is -0.136. The number of aromatic nitrogens is 2. The number of morpholine rings is 1. The molecule has 2 N–H and O–H groups in total. The van der Waals surface area contributed by atoms with E-state index in [9.17, 15) is 9.59 Å². The van der Waals surface area contributed by atoms with Crippen molar-refractivity contribution in [2.24, 2.45) is 0 Å². The maximum Gasteiger partial charge on any atom is 0.311 e. The van der Waals surface area contributed by atoms with Crippen LogP contribution >= 0.6 is 0 Å². The predicted molar refractivity (Wildman–Crippen MR) is 63.8 cm³/mol. The maximum absolute atomic E-state index is 11.5. The van der Waals surface area contributed by atoms with Crippen LogP contribution in [0.1, 0.15) is 12.7 Å². The van der Waals surface area contributed by atoms with E-state index in [-0.39, 0.29) is 23.9 Å². The molecule has 0 saturated carbocycles. The van der Waals surface area contributed by atoms with Crippen molar-refractivity contribution in [3.05, 3.63) is 22.2 Å². The van der Waals surface area contributed by atoms with Crippen LogP contribution in [0.2, 0.25) is 0 Å². The summed E-state index contributed by atoms with van der Waals surface area (Å²) in [5.74, 6) is -0.347. The summed E-state index contributed by atoms with van der Waals surface area (Å²) in [4.78, 5) is 30.6. The van der Waals surface area contributed by atoms with E-state index < -0.39 is 5.97 Å². The number of carbonyl (C=O) groups is 1. The largest absolute Gasteiger partial charge is 0.481 e. The van der Waals surface area contributed by atoms with E-state index in [1.165, 1.54) is 6.07 Å². The number of carboxylic acid groups (broad SMARTS) is 1. The first kappa shape index (κ1) is 12.6. The highest BCUT2D eigenvalue weighted by Crippen LogP contribution is 2.13. The average Bonchev–Trinajstić information content (AvgIpc) is 2.27. The fraction of sp³-hybridized carbons (Fsp3) is 0.545. The first-order chi connectivity index (χ1) is 8.54. The average molecular weight is 253 g/mol. The standard InChI is InChI=1S/C11H15N3O4/c1-7-6-14(2-3-18-7)9-5-10(15)13-8(12-9)4-11(16)17/h5,7H,2-4,6H2,1H3,(H,16,17)(H,12,13,15). The van der Waals surface area contributed by atoms with E-state index >= 15 is 0 Å². The molecular weight excluding hydrogens is 238 g/mol. The van der Waals surface area contributed by atoms with Crippen molar-refractivity contribution in [2.45, 2.75) is 19.4 Å². The Kier molecular flexibility index (Phi) is 3.61. The Morgan fingerprint density at radius 2 is 2.50 bits per heavy atom. The van der Waals surface area contributed by atoms with Gasteiger partial charge in [-0.3, -0.25) is 9.59 Å². The lowest BCUT2D eigenvalue weighted by Gasteiger charge is -2.31. The number of rotatable bonds is 3. The van der Waals surface area contributed by atoms with Crippen LogP contribution in [0.3, 0.4) is 0 Å². The zero-order valence-corrected chi connectivity index (χ0v) is 10.0. The van der Waals surface area contributed by atoms with Gasteiger partial charge in [-0.2, -0.15) is 0 Å². The SMILES string of the molecule is CC1CN(c2cc(=O)[nH]c(CC(=O)O)n2)CCO1. The van der Waals surface area contributed by atoms with E-state index in [0.717, 1.165) is 0 Å². The Labute approximate surface area is 103 Å². The number of anilines is 1. The van der Waals surface area contributed by atoms with E-state index in [1.807, 2.05) is 11.8 Å². The van der Waals surface area contributed by atoms with Crippen molar-refractivity contribution in [1.29, 1.82) is 0 Å². The third-order valence-electron chi connectivity index (χ3n) is 2.66. The van der Waals surface area contributed by atoms with Gasteiger partial charge >= 0.3 is 5.97 Å². The highest BCUT2D eigenvalue weighted by molar-refractivity contribution is 5.69. The molecule has 0 bridgehead atoms. The quantitative estimate of drug-likeness (QED) is 0.762. The third-order valence-corrected chi connectivity index (χ3v) is 2.66. The number of nitrogens with one attached hydrogen (secondary N) is 1. The summed E-state index contributed by atoms with van der Waals surface area (Å²) in [5, 5.41) is 8.71. The van der Waals surface area contributed by atoms with Crippen LogP contribution in [0.25, 0.3) is 0 Å². The number of H-pyrrole nitrogens is 1. The Morgan fingerprint density at radius 3 is 3.17 bits per heavy atom.